The zero-order valence-electron chi connectivity index (χ0n) is 17.3. The van der Waals surface area contributed by atoms with Gasteiger partial charge in [0.15, 0.2) is 0 Å². The van der Waals surface area contributed by atoms with Gasteiger partial charge in [0.05, 0.1) is 24.4 Å². The maximum Gasteiger partial charge on any atom is 0.123 e. The predicted octanol–water partition coefficient (Wildman–Crippen LogP) is 5.15. The van der Waals surface area contributed by atoms with E-state index in [1.54, 1.807) is 19.4 Å². The van der Waals surface area contributed by atoms with E-state index in [2.05, 4.69) is 29.9 Å². The molecule has 2 aromatic heterocycles. The molecule has 1 unspecified atom stereocenters. The van der Waals surface area contributed by atoms with Crippen molar-refractivity contribution >= 4 is 10.9 Å². The van der Waals surface area contributed by atoms with E-state index >= 15 is 0 Å². The van der Waals surface area contributed by atoms with Crippen molar-refractivity contribution < 1.29 is 14.2 Å². The van der Waals surface area contributed by atoms with Crippen molar-refractivity contribution in [3.8, 4) is 5.75 Å². The van der Waals surface area contributed by atoms with Crippen molar-refractivity contribution in [3.63, 3.8) is 0 Å². The van der Waals surface area contributed by atoms with Crippen molar-refractivity contribution in [2.75, 3.05) is 7.11 Å². The van der Waals surface area contributed by atoms with Gasteiger partial charge in [-0.2, -0.15) is 0 Å². The van der Waals surface area contributed by atoms with Gasteiger partial charge < -0.3 is 14.8 Å². The third kappa shape index (κ3) is 3.88. The number of methoxy groups -OCH3 is 1. The second-order valence-electron chi connectivity index (χ2n) is 9.07. The highest BCUT2D eigenvalue weighted by Gasteiger charge is 2.45. The van der Waals surface area contributed by atoms with E-state index in [-0.39, 0.29) is 11.7 Å². The molecule has 0 radical (unpaired) electrons. The lowest BCUT2D eigenvalue weighted by Gasteiger charge is -2.46. The summed E-state index contributed by atoms with van der Waals surface area (Å²) in [6.45, 7) is 4.12. The minimum Gasteiger partial charge on any atom is -0.496 e. The first-order chi connectivity index (χ1) is 13.8. The normalized spacial score (nSPS) is 17.1. The van der Waals surface area contributed by atoms with Gasteiger partial charge in [0.1, 0.15) is 11.6 Å². The van der Waals surface area contributed by atoms with Crippen LogP contribution in [0.3, 0.4) is 0 Å². The number of halogens is 1. The van der Waals surface area contributed by atoms with Crippen LogP contribution in [0.2, 0.25) is 0 Å². The maximum absolute atomic E-state index is 14.0. The van der Waals surface area contributed by atoms with Gasteiger partial charge in [0.25, 0.3) is 0 Å². The quantitative estimate of drug-likeness (QED) is 0.580. The molecule has 1 saturated carbocycles. The van der Waals surface area contributed by atoms with Gasteiger partial charge >= 0.3 is 0 Å². The van der Waals surface area contributed by atoms with Crippen LogP contribution in [-0.2, 0) is 11.8 Å². The number of aromatic nitrogens is 2. The van der Waals surface area contributed by atoms with Gasteiger partial charge in [-0.1, -0.05) is 20.3 Å². The summed E-state index contributed by atoms with van der Waals surface area (Å²) >= 11 is 0. The molecule has 154 valence electrons. The Balaban J connectivity index is 1.66. The van der Waals surface area contributed by atoms with Crippen molar-refractivity contribution in [1.29, 1.82) is 0 Å². The molecule has 5 heteroatoms. The van der Waals surface area contributed by atoms with E-state index in [0.29, 0.717) is 18.6 Å². The van der Waals surface area contributed by atoms with Gasteiger partial charge in [0, 0.05) is 29.3 Å². The second kappa shape index (κ2) is 7.45. The second-order valence-corrected chi connectivity index (χ2v) is 9.07. The lowest BCUT2D eigenvalue weighted by Crippen LogP contribution is -2.47. The number of hydrogen-bond donors (Lipinski definition) is 2. The molecular weight excluding hydrogens is 367 g/mol. The van der Waals surface area contributed by atoms with Gasteiger partial charge in [-0.3, -0.25) is 4.98 Å². The Morgan fingerprint density at radius 3 is 2.69 bits per heavy atom. The highest BCUT2D eigenvalue weighted by Crippen LogP contribution is 2.46. The van der Waals surface area contributed by atoms with Crippen LogP contribution in [0, 0.1) is 11.7 Å². The van der Waals surface area contributed by atoms with E-state index in [1.165, 1.54) is 12.1 Å². The Morgan fingerprint density at radius 2 is 2.03 bits per heavy atom. The SMILES string of the molecule is COc1ccc(F)cc1C(C)(C)CC(O)(Cc1cc2ccncc2[nH]1)C1CCC1. The average Bonchev–Trinajstić information content (AvgIpc) is 3.01. The molecule has 1 aromatic carbocycles. The monoisotopic (exact) mass is 396 g/mol. The summed E-state index contributed by atoms with van der Waals surface area (Å²) in [5.41, 5.74) is 1.44. The summed E-state index contributed by atoms with van der Waals surface area (Å²) in [7, 11) is 1.60. The predicted molar refractivity (Wildman–Crippen MR) is 113 cm³/mol. The number of ether oxygens (including phenoxy) is 1. The Hall–Kier alpha value is -2.40. The topological polar surface area (TPSA) is 58.1 Å². The van der Waals surface area contributed by atoms with Crippen LogP contribution in [0.25, 0.3) is 10.9 Å². The first-order valence-corrected chi connectivity index (χ1v) is 10.3. The number of nitrogens with zero attached hydrogens (tertiary/aromatic N) is 1. The Morgan fingerprint density at radius 1 is 1.24 bits per heavy atom. The van der Waals surface area contributed by atoms with Gasteiger partial charge in [-0.05, 0) is 60.9 Å². The molecule has 0 spiro atoms. The molecule has 1 fully saturated rings. The summed E-state index contributed by atoms with van der Waals surface area (Å²) in [6, 6.07) is 8.68. The summed E-state index contributed by atoms with van der Waals surface area (Å²) < 4.78 is 19.5. The summed E-state index contributed by atoms with van der Waals surface area (Å²) in [5.74, 6) is 0.610. The molecule has 3 aromatic rings. The van der Waals surface area contributed by atoms with Crippen molar-refractivity contribution in [2.24, 2.45) is 5.92 Å². The molecule has 4 rings (SSSR count). The summed E-state index contributed by atoms with van der Waals surface area (Å²) in [4.78, 5) is 7.57. The van der Waals surface area contributed by atoms with Gasteiger partial charge in [-0.25, -0.2) is 4.39 Å². The third-order valence-corrected chi connectivity index (χ3v) is 6.48. The van der Waals surface area contributed by atoms with Crippen LogP contribution in [-0.4, -0.2) is 27.8 Å². The van der Waals surface area contributed by atoms with Crippen molar-refractivity contribution in [2.45, 2.75) is 57.0 Å². The average molecular weight is 397 g/mol. The standard InChI is InChI=1S/C24H29FN2O2/c1-23(2,20-12-18(25)7-8-22(20)29-3)15-24(28,17-5-4-6-17)13-19-11-16-9-10-26-14-21(16)27-19/h7-12,14,17,27-28H,4-6,13,15H2,1-3H3. The Labute approximate surface area is 171 Å². The maximum atomic E-state index is 14.0. The van der Waals surface area contributed by atoms with E-state index in [4.69, 9.17) is 4.74 Å². The fourth-order valence-electron chi connectivity index (χ4n) is 4.82. The molecule has 29 heavy (non-hydrogen) atoms. The minimum atomic E-state index is -0.882. The number of H-pyrrole nitrogens is 1. The lowest BCUT2D eigenvalue weighted by atomic mass is 9.63. The van der Waals surface area contributed by atoms with E-state index < -0.39 is 11.0 Å². The van der Waals surface area contributed by atoms with Crippen LogP contribution in [0.4, 0.5) is 4.39 Å². The highest BCUT2D eigenvalue weighted by atomic mass is 19.1. The van der Waals surface area contributed by atoms with Crippen molar-refractivity contribution in [3.05, 3.63) is 59.8 Å². The number of fused-ring (bicyclic) bond motifs is 1. The first-order valence-electron chi connectivity index (χ1n) is 10.3. The summed E-state index contributed by atoms with van der Waals surface area (Å²) in [5, 5.41) is 13.0. The first kappa shape index (κ1) is 19.9. The van der Waals surface area contributed by atoms with E-state index in [0.717, 1.165) is 41.4 Å². The van der Waals surface area contributed by atoms with Crippen LogP contribution < -0.4 is 4.74 Å². The molecule has 0 saturated heterocycles. The molecule has 0 aliphatic heterocycles. The molecule has 0 amide bonds. The zero-order chi connectivity index (χ0) is 20.6. The molecular formula is C24H29FN2O2. The van der Waals surface area contributed by atoms with Crippen LogP contribution in [0.1, 0.15) is 50.8 Å². The minimum absolute atomic E-state index is 0.242. The number of benzene rings is 1. The lowest BCUT2D eigenvalue weighted by molar-refractivity contribution is -0.0698. The number of hydrogen-bond acceptors (Lipinski definition) is 3. The van der Waals surface area contributed by atoms with E-state index in [1.807, 2.05) is 12.3 Å². The third-order valence-electron chi connectivity index (χ3n) is 6.48. The van der Waals surface area contributed by atoms with Crippen LogP contribution in [0.15, 0.2) is 42.7 Å². The van der Waals surface area contributed by atoms with E-state index in [9.17, 15) is 9.50 Å². The van der Waals surface area contributed by atoms with Gasteiger partial charge in [0.2, 0.25) is 0 Å². The van der Waals surface area contributed by atoms with Gasteiger partial charge in [-0.15, -0.1) is 0 Å². The number of aromatic amines is 1. The van der Waals surface area contributed by atoms with Crippen LogP contribution >= 0.6 is 0 Å². The molecule has 1 aliphatic rings. The molecule has 1 atom stereocenters. The molecule has 0 bridgehead atoms. The fraction of sp³-hybridized carbons (Fsp3) is 0.458. The highest BCUT2D eigenvalue weighted by molar-refractivity contribution is 5.79. The summed E-state index contributed by atoms with van der Waals surface area (Å²) in [6.07, 6.45) is 7.84. The molecule has 4 nitrogen and oxygen atoms in total. The largest absolute Gasteiger partial charge is 0.496 e. The Kier molecular flexibility index (Phi) is 5.11. The van der Waals surface area contributed by atoms with Crippen molar-refractivity contribution in [1.82, 2.24) is 9.97 Å². The number of aliphatic hydroxyl groups is 1. The fourth-order valence-corrected chi connectivity index (χ4v) is 4.82. The molecule has 2 heterocycles. The number of nitrogens with one attached hydrogen (secondary N) is 1. The van der Waals surface area contributed by atoms with Crippen LogP contribution in [0.5, 0.6) is 5.75 Å². The zero-order valence-corrected chi connectivity index (χ0v) is 17.3. The Bertz CT molecular complexity index is 976. The number of pyridine rings is 1. The molecule has 1 aliphatic carbocycles. The molecule has 2 N–H and O–H groups in total. The number of rotatable bonds is 7. The smallest absolute Gasteiger partial charge is 0.123 e.